The van der Waals surface area contributed by atoms with Crippen LogP contribution in [0.1, 0.15) is 19.3 Å². The van der Waals surface area contributed by atoms with E-state index < -0.39 is 0 Å². The zero-order valence-corrected chi connectivity index (χ0v) is 5.75. The molecule has 2 heteroatoms. The van der Waals surface area contributed by atoms with Crippen LogP contribution in [-0.2, 0) is 9.53 Å². The number of fused-ring (bicyclic) bond motifs is 1. The third kappa shape index (κ3) is 0.838. The Bertz CT molecular complexity index is 166. The van der Waals surface area contributed by atoms with Crippen LogP contribution in [0.3, 0.4) is 0 Å². The molecule has 1 saturated heterocycles. The van der Waals surface area contributed by atoms with E-state index in [-0.39, 0.29) is 12.1 Å². The van der Waals surface area contributed by atoms with Gasteiger partial charge < -0.3 is 4.74 Å². The highest BCUT2D eigenvalue weighted by molar-refractivity contribution is 5.72. The summed E-state index contributed by atoms with van der Waals surface area (Å²) in [6.07, 6.45) is 7.03. The Morgan fingerprint density at radius 2 is 2.20 bits per heavy atom. The van der Waals surface area contributed by atoms with Crippen molar-refractivity contribution in [2.75, 3.05) is 0 Å². The summed E-state index contributed by atoms with van der Waals surface area (Å²) in [6, 6.07) is 0. The second kappa shape index (κ2) is 2.11. The first-order valence-corrected chi connectivity index (χ1v) is 3.71. The van der Waals surface area contributed by atoms with E-state index in [4.69, 9.17) is 4.74 Å². The fraction of sp³-hybridized carbons (Fsp3) is 0.625. The molecule has 0 bridgehead atoms. The average Bonchev–Trinajstić information content (AvgIpc) is 2.27. The minimum absolute atomic E-state index is 0.0151. The topological polar surface area (TPSA) is 26.3 Å². The average molecular weight is 138 g/mol. The predicted octanol–water partition coefficient (Wildman–Crippen LogP) is 1.27. The smallest absolute Gasteiger partial charge is 0.306 e. The maximum absolute atomic E-state index is 10.8. The van der Waals surface area contributed by atoms with Gasteiger partial charge in [0.2, 0.25) is 0 Å². The van der Waals surface area contributed by atoms with E-state index in [0.29, 0.717) is 12.3 Å². The van der Waals surface area contributed by atoms with E-state index in [2.05, 4.69) is 12.2 Å². The lowest BCUT2D eigenvalue weighted by atomic mass is 9.91. The molecule has 0 aromatic rings. The van der Waals surface area contributed by atoms with Crippen LogP contribution < -0.4 is 0 Å². The van der Waals surface area contributed by atoms with Crippen molar-refractivity contribution in [2.24, 2.45) is 5.92 Å². The lowest BCUT2D eigenvalue weighted by Gasteiger charge is -2.17. The molecule has 0 saturated carbocycles. The van der Waals surface area contributed by atoms with Gasteiger partial charge in [-0.3, -0.25) is 4.79 Å². The Labute approximate surface area is 59.9 Å². The molecule has 0 unspecified atom stereocenters. The van der Waals surface area contributed by atoms with E-state index in [1.54, 1.807) is 0 Å². The molecular weight excluding hydrogens is 128 g/mol. The van der Waals surface area contributed by atoms with Crippen molar-refractivity contribution in [2.45, 2.75) is 25.4 Å². The molecule has 1 aliphatic carbocycles. The summed E-state index contributed by atoms with van der Waals surface area (Å²) < 4.78 is 5.08. The van der Waals surface area contributed by atoms with Gasteiger partial charge >= 0.3 is 5.97 Å². The normalized spacial score (nSPS) is 37.4. The van der Waals surface area contributed by atoms with Gasteiger partial charge in [0.25, 0.3) is 0 Å². The molecule has 10 heavy (non-hydrogen) atoms. The van der Waals surface area contributed by atoms with Crippen LogP contribution in [0.2, 0.25) is 0 Å². The highest BCUT2D eigenvalue weighted by Gasteiger charge is 2.34. The van der Waals surface area contributed by atoms with Gasteiger partial charge in [-0.2, -0.15) is 0 Å². The molecule has 54 valence electrons. The Kier molecular flexibility index (Phi) is 1.26. The summed E-state index contributed by atoms with van der Waals surface area (Å²) in [5, 5.41) is 0. The Hall–Kier alpha value is -0.790. The van der Waals surface area contributed by atoms with Crippen molar-refractivity contribution >= 4 is 5.97 Å². The van der Waals surface area contributed by atoms with Gasteiger partial charge in [-0.05, 0) is 6.42 Å². The third-order valence-electron chi connectivity index (χ3n) is 2.21. The van der Waals surface area contributed by atoms with Crippen molar-refractivity contribution in [1.29, 1.82) is 0 Å². The number of ether oxygens (including phenoxy) is 1. The van der Waals surface area contributed by atoms with Crippen LogP contribution in [0.5, 0.6) is 0 Å². The first-order chi connectivity index (χ1) is 4.86. The summed E-state index contributed by atoms with van der Waals surface area (Å²) in [7, 11) is 0. The SMILES string of the molecule is O=C1C[C@H]2CC=CC[C@@H]2O1. The number of carbonyl (C=O) groups excluding carboxylic acids is 1. The third-order valence-corrected chi connectivity index (χ3v) is 2.21. The van der Waals surface area contributed by atoms with Crippen molar-refractivity contribution in [3.8, 4) is 0 Å². The van der Waals surface area contributed by atoms with E-state index in [0.717, 1.165) is 12.8 Å². The predicted molar refractivity (Wildman–Crippen MR) is 36.4 cm³/mol. The molecule has 0 radical (unpaired) electrons. The highest BCUT2D eigenvalue weighted by Crippen LogP contribution is 2.30. The number of carbonyl (C=O) groups is 1. The van der Waals surface area contributed by atoms with E-state index >= 15 is 0 Å². The number of allylic oxidation sites excluding steroid dienone is 1. The van der Waals surface area contributed by atoms with Crippen LogP contribution in [0.25, 0.3) is 0 Å². The Balaban J connectivity index is 2.11. The molecule has 2 rings (SSSR count). The quantitative estimate of drug-likeness (QED) is 0.372. The van der Waals surface area contributed by atoms with Crippen molar-refractivity contribution in [1.82, 2.24) is 0 Å². The van der Waals surface area contributed by atoms with Crippen molar-refractivity contribution in [3.05, 3.63) is 12.2 Å². The summed E-state index contributed by atoms with van der Waals surface area (Å²) in [5.41, 5.74) is 0. The number of esters is 1. The van der Waals surface area contributed by atoms with E-state index in [1.165, 1.54) is 0 Å². The molecule has 2 nitrogen and oxygen atoms in total. The second-order valence-corrected chi connectivity index (χ2v) is 2.94. The van der Waals surface area contributed by atoms with Crippen LogP contribution in [0.15, 0.2) is 12.2 Å². The highest BCUT2D eigenvalue weighted by atomic mass is 16.5. The van der Waals surface area contributed by atoms with Crippen LogP contribution in [0.4, 0.5) is 0 Å². The molecular formula is C8H10O2. The fourth-order valence-corrected chi connectivity index (χ4v) is 1.64. The zero-order valence-electron chi connectivity index (χ0n) is 5.75. The Morgan fingerprint density at radius 3 is 3.00 bits per heavy atom. The van der Waals surface area contributed by atoms with Gasteiger partial charge in [-0.1, -0.05) is 12.2 Å². The van der Waals surface area contributed by atoms with Crippen molar-refractivity contribution in [3.63, 3.8) is 0 Å². The lowest BCUT2D eigenvalue weighted by molar-refractivity contribution is -0.141. The van der Waals surface area contributed by atoms with Gasteiger partial charge in [0.1, 0.15) is 6.10 Å². The molecule has 0 amide bonds. The minimum Gasteiger partial charge on any atom is -0.462 e. The number of rotatable bonds is 0. The van der Waals surface area contributed by atoms with Gasteiger partial charge in [-0.15, -0.1) is 0 Å². The van der Waals surface area contributed by atoms with Crippen LogP contribution in [-0.4, -0.2) is 12.1 Å². The van der Waals surface area contributed by atoms with Crippen LogP contribution in [0, 0.1) is 5.92 Å². The number of hydrogen-bond acceptors (Lipinski definition) is 2. The Morgan fingerprint density at radius 1 is 1.40 bits per heavy atom. The molecule has 2 aliphatic rings. The number of hydrogen-bond donors (Lipinski definition) is 0. The molecule has 1 aliphatic heterocycles. The minimum atomic E-state index is -0.0151. The molecule has 0 aromatic carbocycles. The molecule has 0 spiro atoms. The monoisotopic (exact) mass is 138 g/mol. The molecule has 0 aromatic heterocycles. The lowest BCUT2D eigenvalue weighted by Crippen LogP contribution is -2.16. The summed E-state index contributed by atoms with van der Waals surface area (Å²) in [5.74, 6) is 0.469. The summed E-state index contributed by atoms with van der Waals surface area (Å²) in [6.45, 7) is 0. The first-order valence-electron chi connectivity index (χ1n) is 3.71. The summed E-state index contributed by atoms with van der Waals surface area (Å²) in [4.78, 5) is 10.8. The second-order valence-electron chi connectivity index (χ2n) is 2.94. The maximum atomic E-state index is 10.8. The summed E-state index contributed by atoms with van der Waals surface area (Å²) >= 11 is 0. The van der Waals surface area contributed by atoms with E-state index in [1.807, 2.05) is 0 Å². The van der Waals surface area contributed by atoms with E-state index in [9.17, 15) is 4.79 Å². The molecule has 2 atom stereocenters. The van der Waals surface area contributed by atoms with Crippen molar-refractivity contribution < 1.29 is 9.53 Å². The molecule has 1 fully saturated rings. The first kappa shape index (κ1) is 5.96. The molecule has 0 N–H and O–H groups in total. The fourth-order valence-electron chi connectivity index (χ4n) is 1.64. The zero-order chi connectivity index (χ0) is 6.97. The standard InChI is InChI=1S/C8H10O2/c9-8-5-6-3-1-2-4-7(6)10-8/h1-2,6-7H,3-5H2/t6-,7+/m1/s1. The maximum Gasteiger partial charge on any atom is 0.306 e. The van der Waals surface area contributed by atoms with Gasteiger partial charge in [0, 0.05) is 12.3 Å². The molecule has 1 heterocycles. The largest absolute Gasteiger partial charge is 0.462 e. The van der Waals surface area contributed by atoms with Gasteiger partial charge in [0.05, 0.1) is 6.42 Å². The van der Waals surface area contributed by atoms with Crippen LogP contribution >= 0.6 is 0 Å². The van der Waals surface area contributed by atoms with Gasteiger partial charge in [0.15, 0.2) is 0 Å². The van der Waals surface area contributed by atoms with Gasteiger partial charge in [-0.25, -0.2) is 0 Å².